The van der Waals surface area contributed by atoms with Crippen LogP contribution < -0.4 is 0 Å². The third-order valence-corrected chi connectivity index (χ3v) is 6.21. The first kappa shape index (κ1) is 17.0. The molecule has 0 aromatic heterocycles. The standard InChI is InChI=1S/C19H35NO/c1-5-15(3)16(4)19(21)20-12-10-18(11-13-20)17-8-6-14(2)7-9-17/h6,8,14-19,21H,5,7,9-13H2,1-4H3. The average Bonchev–Trinajstić information content (AvgIpc) is 2.53. The molecule has 1 fully saturated rings. The van der Waals surface area contributed by atoms with Crippen LogP contribution in [-0.4, -0.2) is 29.3 Å². The Labute approximate surface area is 131 Å². The molecule has 5 unspecified atom stereocenters. The van der Waals surface area contributed by atoms with Crippen LogP contribution >= 0.6 is 0 Å². The number of likely N-dealkylation sites (tertiary alicyclic amines) is 1. The van der Waals surface area contributed by atoms with Gasteiger partial charge in [0.1, 0.15) is 6.23 Å². The summed E-state index contributed by atoms with van der Waals surface area (Å²) in [5.74, 6) is 3.39. The normalized spacial score (nSPS) is 32.8. The Balaban J connectivity index is 1.81. The van der Waals surface area contributed by atoms with E-state index in [-0.39, 0.29) is 6.23 Å². The second-order valence-electron chi connectivity index (χ2n) is 7.64. The van der Waals surface area contributed by atoms with Gasteiger partial charge in [-0.2, -0.15) is 0 Å². The van der Waals surface area contributed by atoms with E-state index in [1.807, 2.05) is 0 Å². The highest BCUT2D eigenvalue weighted by atomic mass is 16.3. The van der Waals surface area contributed by atoms with Crippen LogP contribution in [0.5, 0.6) is 0 Å². The third kappa shape index (κ3) is 4.32. The van der Waals surface area contributed by atoms with E-state index in [1.54, 1.807) is 0 Å². The SMILES string of the molecule is CCC(C)C(C)C(O)N1CCC(C2C=CC(C)CC2)CC1. The lowest BCUT2D eigenvalue weighted by molar-refractivity contribution is -0.0673. The second-order valence-corrected chi connectivity index (χ2v) is 7.64. The van der Waals surface area contributed by atoms with E-state index in [1.165, 1.54) is 25.7 Å². The topological polar surface area (TPSA) is 23.5 Å². The monoisotopic (exact) mass is 293 g/mol. The molecule has 0 saturated carbocycles. The van der Waals surface area contributed by atoms with E-state index in [4.69, 9.17) is 0 Å². The van der Waals surface area contributed by atoms with E-state index in [9.17, 15) is 5.11 Å². The number of piperidine rings is 1. The Morgan fingerprint density at radius 2 is 1.76 bits per heavy atom. The maximum Gasteiger partial charge on any atom is 0.110 e. The molecule has 5 atom stereocenters. The van der Waals surface area contributed by atoms with Gasteiger partial charge in [-0.1, -0.05) is 46.3 Å². The fourth-order valence-corrected chi connectivity index (χ4v) is 3.98. The number of hydrogen-bond acceptors (Lipinski definition) is 2. The van der Waals surface area contributed by atoms with Crippen molar-refractivity contribution in [2.24, 2.45) is 29.6 Å². The summed E-state index contributed by atoms with van der Waals surface area (Å²) in [6.07, 6.45) is 11.0. The summed E-state index contributed by atoms with van der Waals surface area (Å²) < 4.78 is 0. The summed E-state index contributed by atoms with van der Waals surface area (Å²) in [5.41, 5.74) is 0. The van der Waals surface area contributed by atoms with Crippen molar-refractivity contribution in [3.63, 3.8) is 0 Å². The van der Waals surface area contributed by atoms with Gasteiger partial charge in [-0.25, -0.2) is 0 Å². The van der Waals surface area contributed by atoms with Gasteiger partial charge in [0.05, 0.1) is 0 Å². The van der Waals surface area contributed by atoms with Gasteiger partial charge in [0.25, 0.3) is 0 Å². The Bertz CT molecular complexity index is 332. The summed E-state index contributed by atoms with van der Waals surface area (Å²) in [6.45, 7) is 11.2. The molecule has 2 nitrogen and oxygen atoms in total. The molecule has 122 valence electrons. The lowest BCUT2D eigenvalue weighted by Gasteiger charge is -2.41. The van der Waals surface area contributed by atoms with Crippen molar-refractivity contribution in [2.75, 3.05) is 13.1 Å². The molecular formula is C19H35NO. The largest absolute Gasteiger partial charge is 0.378 e. The predicted octanol–water partition coefficient (Wildman–Crippen LogP) is 4.30. The summed E-state index contributed by atoms with van der Waals surface area (Å²) in [4.78, 5) is 2.32. The van der Waals surface area contributed by atoms with Crippen LogP contribution in [0.25, 0.3) is 0 Å². The van der Waals surface area contributed by atoms with Gasteiger partial charge >= 0.3 is 0 Å². The van der Waals surface area contributed by atoms with Gasteiger partial charge in [-0.05, 0) is 55.3 Å². The molecule has 1 saturated heterocycles. The molecule has 2 heteroatoms. The lowest BCUT2D eigenvalue weighted by atomic mass is 9.77. The highest BCUT2D eigenvalue weighted by Gasteiger charge is 2.31. The minimum Gasteiger partial charge on any atom is -0.378 e. The number of aliphatic hydroxyl groups excluding tert-OH is 1. The Morgan fingerprint density at radius 3 is 2.29 bits per heavy atom. The first-order valence-corrected chi connectivity index (χ1v) is 9.13. The summed E-state index contributed by atoms with van der Waals surface area (Å²) in [7, 11) is 0. The Hall–Kier alpha value is -0.340. The quantitative estimate of drug-likeness (QED) is 0.764. The summed E-state index contributed by atoms with van der Waals surface area (Å²) in [6, 6.07) is 0. The molecule has 0 bridgehead atoms. The van der Waals surface area contributed by atoms with Crippen molar-refractivity contribution in [1.82, 2.24) is 4.90 Å². The molecule has 21 heavy (non-hydrogen) atoms. The molecule has 0 amide bonds. The lowest BCUT2D eigenvalue weighted by Crippen LogP contribution is -2.46. The Morgan fingerprint density at radius 1 is 1.10 bits per heavy atom. The van der Waals surface area contributed by atoms with Gasteiger partial charge in [0.2, 0.25) is 0 Å². The zero-order chi connectivity index (χ0) is 15.4. The minimum absolute atomic E-state index is 0.247. The zero-order valence-corrected chi connectivity index (χ0v) is 14.5. The van der Waals surface area contributed by atoms with Crippen molar-refractivity contribution >= 4 is 0 Å². The highest BCUT2D eigenvalue weighted by Crippen LogP contribution is 2.34. The summed E-state index contributed by atoms with van der Waals surface area (Å²) >= 11 is 0. The maximum absolute atomic E-state index is 10.6. The van der Waals surface area contributed by atoms with Gasteiger partial charge in [0, 0.05) is 13.1 Å². The molecule has 1 aliphatic carbocycles. The molecular weight excluding hydrogens is 258 g/mol. The first-order valence-electron chi connectivity index (χ1n) is 9.13. The molecule has 0 aromatic carbocycles. The smallest absolute Gasteiger partial charge is 0.110 e. The predicted molar refractivity (Wildman–Crippen MR) is 90.0 cm³/mol. The second kappa shape index (κ2) is 7.78. The highest BCUT2D eigenvalue weighted by molar-refractivity contribution is 4.99. The van der Waals surface area contributed by atoms with E-state index in [0.717, 1.165) is 37.3 Å². The molecule has 1 heterocycles. The van der Waals surface area contributed by atoms with E-state index < -0.39 is 0 Å². The third-order valence-electron chi connectivity index (χ3n) is 6.21. The van der Waals surface area contributed by atoms with Crippen LogP contribution in [0.2, 0.25) is 0 Å². The van der Waals surface area contributed by atoms with Crippen LogP contribution in [0.3, 0.4) is 0 Å². The number of nitrogens with zero attached hydrogens (tertiary/aromatic N) is 1. The zero-order valence-electron chi connectivity index (χ0n) is 14.5. The fraction of sp³-hybridized carbons (Fsp3) is 0.895. The first-order chi connectivity index (χ1) is 10.0. The fourth-order valence-electron chi connectivity index (χ4n) is 3.98. The van der Waals surface area contributed by atoms with Crippen molar-refractivity contribution in [2.45, 2.75) is 66.0 Å². The maximum atomic E-state index is 10.6. The molecule has 1 N–H and O–H groups in total. The van der Waals surface area contributed by atoms with Crippen LogP contribution in [0.15, 0.2) is 12.2 Å². The van der Waals surface area contributed by atoms with Crippen molar-refractivity contribution in [1.29, 1.82) is 0 Å². The van der Waals surface area contributed by atoms with Crippen LogP contribution in [-0.2, 0) is 0 Å². The van der Waals surface area contributed by atoms with Gasteiger partial charge in [0.15, 0.2) is 0 Å². The molecule has 0 aromatic rings. The average molecular weight is 293 g/mol. The minimum atomic E-state index is -0.247. The summed E-state index contributed by atoms with van der Waals surface area (Å²) in [5, 5.41) is 10.6. The molecule has 2 rings (SSSR count). The molecule has 2 aliphatic rings. The number of hydrogen-bond donors (Lipinski definition) is 1. The van der Waals surface area contributed by atoms with E-state index >= 15 is 0 Å². The molecule has 0 radical (unpaired) electrons. The molecule has 1 aliphatic heterocycles. The number of allylic oxidation sites excluding steroid dienone is 2. The van der Waals surface area contributed by atoms with E-state index in [2.05, 4.69) is 44.7 Å². The Kier molecular flexibility index (Phi) is 6.31. The van der Waals surface area contributed by atoms with Gasteiger partial charge in [-0.3, -0.25) is 4.90 Å². The molecule has 0 spiro atoms. The van der Waals surface area contributed by atoms with Crippen molar-refractivity contribution < 1.29 is 5.11 Å². The van der Waals surface area contributed by atoms with Crippen molar-refractivity contribution in [3.8, 4) is 0 Å². The van der Waals surface area contributed by atoms with Crippen LogP contribution in [0.4, 0.5) is 0 Å². The van der Waals surface area contributed by atoms with E-state index in [0.29, 0.717) is 11.8 Å². The van der Waals surface area contributed by atoms with Crippen LogP contribution in [0.1, 0.15) is 59.8 Å². The van der Waals surface area contributed by atoms with Gasteiger partial charge < -0.3 is 5.11 Å². The van der Waals surface area contributed by atoms with Crippen molar-refractivity contribution in [3.05, 3.63) is 12.2 Å². The number of aliphatic hydroxyl groups is 1. The number of rotatable bonds is 5. The van der Waals surface area contributed by atoms with Gasteiger partial charge in [-0.15, -0.1) is 0 Å². The van der Waals surface area contributed by atoms with Crippen LogP contribution in [0, 0.1) is 29.6 Å².